The second-order valence-electron chi connectivity index (χ2n) is 4.53. The Hall–Kier alpha value is -1.48. The van der Waals surface area contributed by atoms with E-state index in [1.165, 1.54) is 11.1 Å². The summed E-state index contributed by atoms with van der Waals surface area (Å²) in [7, 11) is 0. The van der Waals surface area contributed by atoms with Gasteiger partial charge in [-0.05, 0) is 23.3 Å². The molecule has 3 heteroatoms. The molecule has 1 atom stereocenters. The molecule has 1 unspecified atom stereocenters. The summed E-state index contributed by atoms with van der Waals surface area (Å²) in [6.07, 6.45) is 0.931. The van der Waals surface area contributed by atoms with Crippen molar-refractivity contribution in [2.75, 3.05) is 13.2 Å². The molecule has 0 amide bonds. The largest absolute Gasteiger partial charge is 0.490 e. The molecule has 1 aliphatic heterocycles. The number of alkyl halides is 1. The van der Waals surface area contributed by atoms with E-state index in [2.05, 4.69) is 40.2 Å². The van der Waals surface area contributed by atoms with Gasteiger partial charge < -0.3 is 9.47 Å². The van der Waals surface area contributed by atoms with Crippen molar-refractivity contribution in [3.63, 3.8) is 0 Å². The van der Waals surface area contributed by atoms with Gasteiger partial charge in [-0.25, -0.2) is 0 Å². The summed E-state index contributed by atoms with van der Waals surface area (Å²) in [5.74, 6) is 1.68. The molecule has 1 heterocycles. The molecule has 2 nitrogen and oxygen atoms in total. The zero-order valence-corrected chi connectivity index (χ0v) is 12.1. The Morgan fingerprint density at radius 3 is 2.37 bits per heavy atom. The van der Waals surface area contributed by atoms with Crippen molar-refractivity contribution in [1.82, 2.24) is 0 Å². The molecule has 0 aromatic heterocycles. The highest BCUT2D eigenvalue weighted by Gasteiger charge is 2.15. The summed E-state index contributed by atoms with van der Waals surface area (Å²) < 4.78 is 11.4. The van der Waals surface area contributed by atoms with E-state index in [0.717, 1.165) is 31.1 Å². The molecule has 0 saturated heterocycles. The van der Waals surface area contributed by atoms with Gasteiger partial charge in [-0.2, -0.15) is 0 Å². The average molecular weight is 319 g/mol. The lowest BCUT2D eigenvalue weighted by molar-refractivity contribution is 0.297. The fourth-order valence-corrected chi connectivity index (χ4v) is 2.74. The highest BCUT2D eigenvalue weighted by molar-refractivity contribution is 9.09. The zero-order chi connectivity index (χ0) is 13.1. The molecular weight excluding hydrogens is 304 g/mol. The van der Waals surface area contributed by atoms with E-state index in [9.17, 15) is 0 Å². The number of rotatable bonds is 2. The summed E-state index contributed by atoms with van der Waals surface area (Å²) in [6, 6.07) is 16.5. The summed E-state index contributed by atoms with van der Waals surface area (Å²) >= 11 is 3.75. The smallest absolute Gasteiger partial charge is 0.161 e. The van der Waals surface area contributed by atoms with E-state index in [1.807, 2.05) is 24.3 Å². The van der Waals surface area contributed by atoms with Crippen LogP contribution in [-0.4, -0.2) is 13.2 Å². The molecule has 3 rings (SSSR count). The van der Waals surface area contributed by atoms with Gasteiger partial charge in [-0.15, -0.1) is 0 Å². The van der Waals surface area contributed by atoms with Crippen LogP contribution >= 0.6 is 15.9 Å². The maximum Gasteiger partial charge on any atom is 0.161 e. The standard InChI is InChI=1S/C16H15BrO2/c17-16(12-5-2-1-3-6-12)13-7-8-14-15(11-13)19-10-4-9-18-14/h1-3,5-8,11,16H,4,9-10H2. The van der Waals surface area contributed by atoms with E-state index in [4.69, 9.17) is 9.47 Å². The number of halogens is 1. The Kier molecular flexibility index (Phi) is 3.74. The Morgan fingerprint density at radius 1 is 0.842 bits per heavy atom. The van der Waals surface area contributed by atoms with E-state index < -0.39 is 0 Å². The molecule has 0 fully saturated rings. The molecule has 0 spiro atoms. The van der Waals surface area contributed by atoms with Crippen LogP contribution in [0.1, 0.15) is 22.4 Å². The Morgan fingerprint density at radius 2 is 1.58 bits per heavy atom. The van der Waals surface area contributed by atoms with Crippen LogP contribution in [0.15, 0.2) is 48.5 Å². The molecule has 2 aromatic rings. The minimum Gasteiger partial charge on any atom is -0.490 e. The normalized spacial score (nSPS) is 15.6. The van der Waals surface area contributed by atoms with Gasteiger partial charge in [0.05, 0.1) is 18.0 Å². The second-order valence-corrected chi connectivity index (χ2v) is 5.45. The van der Waals surface area contributed by atoms with E-state index in [0.29, 0.717) is 0 Å². The number of hydrogen-bond donors (Lipinski definition) is 0. The molecular formula is C16H15BrO2. The van der Waals surface area contributed by atoms with Crippen LogP contribution in [-0.2, 0) is 0 Å². The van der Waals surface area contributed by atoms with Gasteiger partial charge in [0.25, 0.3) is 0 Å². The van der Waals surface area contributed by atoms with Crippen LogP contribution in [0.4, 0.5) is 0 Å². The van der Waals surface area contributed by atoms with Crippen molar-refractivity contribution < 1.29 is 9.47 Å². The quantitative estimate of drug-likeness (QED) is 0.767. The Bertz CT molecular complexity index is 554. The number of hydrogen-bond acceptors (Lipinski definition) is 2. The maximum absolute atomic E-state index is 5.73. The van der Waals surface area contributed by atoms with Gasteiger partial charge in [0.15, 0.2) is 11.5 Å². The van der Waals surface area contributed by atoms with Gasteiger partial charge in [0.2, 0.25) is 0 Å². The average Bonchev–Trinajstić information content (AvgIpc) is 2.72. The number of fused-ring (bicyclic) bond motifs is 1. The first kappa shape index (κ1) is 12.5. The Labute approximate surface area is 121 Å². The molecule has 1 aliphatic rings. The van der Waals surface area contributed by atoms with Crippen LogP contribution in [0.3, 0.4) is 0 Å². The van der Waals surface area contributed by atoms with Gasteiger partial charge >= 0.3 is 0 Å². The van der Waals surface area contributed by atoms with Crippen LogP contribution in [0.2, 0.25) is 0 Å². The monoisotopic (exact) mass is 318 g/mol. The third-order valence-corrected chi connectivity index (χ3v) is 4.21. The van der Waals surface area contributed by atoms with Crippen molar-refractivity contribution in [3.8, 4) is 11.5 Å². The minimum absolute atomic E-state index is 0.172. The molecule has 0 saturated carbocycles. The van der Waals surface area contributed by atoms with Crippen molar-refractivity contribution in [3.05, 3.63) is 59.7 Å². The first-order chi connectivity index (χ1) is 9.34. The molecule has 0 radical (unpaired) electrons. The summed E-state index contributed by atoms with van der Waals surface area (Å²) in [5, 5.41) is 0. The lowest BCUT2D eigenvalue weighted by Crippen LogP contribution is -1.97. The Balaban J connectivity index is 1.91. The number of benzene rings is 2. The van der Waals surface area contributed by atoms with Crippen LogP contribution < -0.4 is 9.47 Å². The third-order valence-electron chi connectivity index (χ3n) is 3.16. The van der Waals surface area contributed by atoms with Gasteiger partial charge in [0.1, 0.15) is 0 Å². The summed E-state index contributed by atoms with van der Waals surface area (Å²) in [5.41, 5.74) is 2.41. The van der Waals surface area contributed by atoms with Crippen molar-refractivity contribution in [2.24, 2.45) is 0 Å². The fraction of sp³-hybridized carbons (Fsp3) is 0.250. The lowest BCUT2D eigenvalue weighted by atomic mass is 10.0. The number of ether oxygens (including phenoxy) is 2. The molecule has 0 N–H and O–H groups in total. The fourth-order valence-electron chi connectivity index (χ4n) is 2.15. The van der Waals surface area contributed by atoms with Crippen LogP contribution in [0.5, 0.6) is 11.5 Å². The van der Waals surface area contributed by atoms with E-state index in [1.54, 1.807) is 0 Å². The van der Waals surface area contributed by atoms with Gasteiger partial charge in [0, 0.05) is 6.42 Å². The first-order valence-corrected chi connectivity index (χ1v) is 7.35. The topological polar surface area (TPSA) is 18.5 Å². The van der Waals surface area contributed by atoms with E-state index in [-0.39, 0.29) is 4.83 Å². The molecule has 0 bridgehead atoms. The third kappa shape index (κ3) is 2.76. The lowest BCUT2D eigenvalue weighted by Gasteiger charge is -2.14. The highest BCUT2D eigenvalue weighted by atomic mass is 79.9. The predicted molar refractivity (Wildman–Crippen MR) is 79.3 cm³/mol. The molecule has 19 heavy (non-hydrogen) atoms. The van der Waals surface area contributed by atoms with Crippen LogP contribution in [0.25, 0.3) is 0 Å². The minimum atomic E-state index is 0.172. The zero-order valence-electron chi connectivity index (χ0n) is 10.5. The van der Waals surface area contributed by atoms with Crippen molar-refractivity contribution in [2.45, 2.75) is 11.2 Å². The van der Waals surface area contributed by atoms with Crippen molar-refractivity contribution in [1.29, 1.82) is 0 Å². The summed E-state index contributed by atoms with van der Waals surface area (Å²) in [6.45, 7) is 1.44. The van der Waals surface area contributed by atoms with Gasteiger partial charge in [-0.1, -0.05) is 52.3 Å². The maximum atomic E-state index is 5.73. The SMILES string of the molecule is BrC(c1ccccc1)c1ccc2c(c1)OCCCO2. The molecule has 98 valence electrons. The molecule has 0 aliphatic carbocycles. The highest BCUT2D eigenvalue weighted by Crippen LogP contribution is 2.37. The molecule has 2 aromatic carbocycles. The van der Waals surface area contributed by atoms with Gasteiger partial charge in [-0.3, -0.25) is 0 Å². The first-order valence-electron chi connectivity index (χ1n) is 6.43. The predicted octanol–water partition coefficient (Wildman–Crippen LogP) is 4.33. The van der Waals surface area contributed by atoms with Crippen LogP contribution in [0, 0.1) is 0 Å². The summed E-state index contributed by atoms with van der Waals surface area (Å²) in [4.78, 5) is 0.172. The van der Waals surface area contributed by atoms with Crippen molar-refractivity contribution >= 4 is 15.9 Å². The van der Waals surface area contributed by atoms with E-state index >= 15 is 0 Å². The second kappa shape index (κ2) is 5.66.